The zero-order valence-electron chi connectivity index (χ0n) is 9.44. The summed E-state index contributed by atoms with van der Waals surface area (Å²) in [7, 11) is 1.35. The van der Waals surface area contributed by atoms with Crippen LogP contribution in [-0.4, -0.2) is 18.1 Å². The fraction of sp³-hybridized carbons (Fsp3) is 0.231. The topological polar surface area (TPSA) is 39.2 Å². The van der Waals surface area contributed by atoms with Gasteiger partial charge in [0.25, 0.3) is 0 Å². The lowest BCUT2D eigenvalue weighted by molar-refractivity contribution is -0.140. The van der Waals surface area contributed by atoms with Crippen LogP contribution in [0.5, 0.6) is 0 Å². The largest absolute Gasteiger partial charge is 0.469 e. The van der Waals surface area contributed by atoms with Crippen molar-refractivity contribution in [1.82, 2.24) is 4.98 Å². The summed E-state index contributed by atoms with van der Waals surface area (Å²) in [6.45, 7) is 0. The van der Waals surface area contributed by atoms with Crippen LogP contribution in [0.4, 0.5) is 4.39 Å². The van der Waals surface area contributed by atoms with Crippen LogP contribution >= 0.6 is 0 Å². The van der Waals surface area contributed by atoms with Crippen molar-refractivity contribution in [2.75, 3.05) is 7.11 Å². The highest BCUT2D eigenvalue weighted by molar-refractivity contribution is 5.78. The van der Waals surface area contributed by atoms with E-state index in [-0.39, 0.29) is 18.2 Å². The van der Waals surface area contributed by atoms with Gasteiger partial charge in [-0.1, -0.05) is 6.07 Å². The number of fused-ring (bicyclic) bond motifs is 1. The molecule has 0 amide bonds. The molecule has 2 aromatic rings. The fourth-order valence-electron chi connectivity index (χ4n) is 1.60. The van der Waals surface area contributed by atoms with Gasteiger partial charge in [0.1, 0.15) is 5.82 Å². The molecule has 88 valence electrons. The lowest BCUT2D eigenvalue weighted by atomic mass is 10.1. The van der Waals surface area contributed by atoms with Crippen LogP contribution in [0, 0.1) is 5.82 Å². The molecule has 1 aromatic carbocycles. The zero-order valence-corrected chi connectivity index (χ0v) is 9.44. The molecule has 0 aliphatic carbocycles. The van der Waals surface area contributed by atoms with Crippen molar-refractivity contribution in [2.24, 2.45) is 0 Å². The first-order valence-corrected chi connectivity index (χ1v) is 5.31. The van der Waals surface area contributed by atoms with Crippen LogP contribution in [0.15, 0.2) is 30.3 Å². The number of carbonyl (C=O) groups excluding carboxylic acids is 1. The van der Waals surface area contributed by atoms with Gasteiger partial charge in [0.15, 0.2) is 0 Å². The maximum Gasteiger partial charge on any atom is 0.305 e. The SMILES string of the molecule is COC(=O)CCc1ccc2ccc(F)cc2n1. The van der Waals surface area contributed by atoms with E-state index in [0.717, 1.165) is 11.1 Å². The predicted molar refractivity (Wildman–Crippen MR) is 62.0 cm³/mol. The third-order valence-corrected chi connectivity index (χ3v) is 2.52. The number of nitrogens with zero attached hydrogens (tertiary/aromatic N) is 1. The molecular formula is C13H12FNO2. The lowest BCUT2D eigenvalue weighted by Gasteiger charge is -2.02. The molecule has 0 bridgehead atoms. The molecule has 3 nitrogen and oxygen atoms in total. The number of hydrogen-bond donors (Lipinski definition) is 0. The number of pyridine rings is 1. The van der Waals surface area contributed by atoms with Gasteiger partial charge < -0.3 is 4.74 Å². The van der Waals surface area contributed by atoms with Crippen molar-refractivity contribution < 1.29 is 13.9 Å². The predicted octanol–water partition coefficient (Wildman–Crippen LogP) is 2.48. The number of aromatic nitrogens is 1. The molecule has 0 N–H and O–H groups in total. The van der Waals surface area contributed by atoms with E-state index in [1.807, 2.05) is 12.1 Å². The summed E-state index contributed by atoms with van der Waals surface area (Å²) in [5.74, 6) is -0.582. The summed E-state index contributed by atoms with van der Waals surface area (Å²) < 4.78 is 17.6. The molecule has 0 saturated carbocycles. The molecule has 0 radical (unpaired) electrons. The highest BCUT2D eigenvalue weighted by Gasteiger charge is 2.04. The van der Waals surface area contributed by atoms with Gasteiger partial charge in [0.05, 0.1) is 19.0 Å². The van der Waals surface area contributed by atoms with E-state index in [0.29, 0.717) is 11.9 Å². The minimum absolute atomic E-state index is 0.272. The van der Waals surface area contributed by atoms with Gasteiger partial charge in [-0.05, 0) is 18.2 Å². The minimum Gasteiger partial charge on any atom is -0.469 e. The first kappa shape index (κ1) is 11.5. The standard InChI is InChI=1S/C13H12FNO2/c1-17-13(16)7-6-11-5-3-9-2-4-10(14)8-12(9)15-11/h2-5,8H,6-7H2,1H3. The molecule has 0 fully saturated rings. The Morgan fingerprint density at radius 2 is 2.12 bits per heavy atom. The van der Waals surface area contributed by atoms with Gasteiger partial charge in [-0.25, -0.2) is 4.39 Å². The first-order valence-electron chi connectivity index (χ1n) is 5.31. The molecule has 0 aliphatic rings. The minimum atomic E-state index is -0.310. The van der Waals surface area contributed by atoms with Gasteiger partial charge in [0, 0.05) is 23.6 Å². The lowest BCUT2D eigenvalue weighted by Crippen LogP contribution is -2.03. The van der Waals surface area contributed by atoms with Crippen LogP contribution in [0.25, 0.3) is 10.9 Å². The zero-order chi connectivity index (χ0) is 12.3. The molecule has 4 heteroatoms. The number of methoxy groups -OCH3 is 1. The molecule has 0 unspecified atom stereocenters. The number of esters is 1. The summed E-state index contributed by atoms with van der Waals surface area (Å²) in [5.41, 5.74) is 1.36. The Labute approximate surface area is 98.2 Å². The molecular weight excluding hydrogens is 221 g/mol. The molecule has 17 heavy (non-hydrogen) atoms. The molecule has 0 spiro atoms. The van der Waals surface area contributed by atoms with Crippen LogP contribution in [0.2, 0.25) is 0 Å². The molecule has 0 aliphatic heterocycles. The summed E-state index contributed by atoms with van der Waals surface area (Å²) >= 11 is 0. The van der Waals surface area contributed by atoms with Gasteiger partial charge in [-0.3, -0.25) is 9.78 Å². The Bertz CT molecular complexity index is 554. The Kier molecular flexibility index (Phi) is 3.32. The Balaban J connectivity index is 2.22. The van der Waals surface area contributed by atoms with E-state index in [1.165, 1.54) is 19.2 Å². The maximum absolute atomic E-state index is 13.0. The van der Waals surface area contributed by atoms with Gasteiger partial charge in [0.2, 0.25) is 0 Å². The number of carbonyl (C=O) groups is 1. The number of rotatable bonds is 3. The average molecular weight is 233 g/mol. The highest BCUT2D eigenvalue weighted by Crippen LogP contribution is 2.14. The summed E-state index contributed by atoms with van der Waals surface area (Å²) in [6.07, 6.45) is 0.781. The fourth-order valence-corrected chi connectivity index (χ4v) is 1.60. The van der Waals surface area contributed by atoms with Crippen LogP contribution in [-0.2, 0) is 16.0 Å². The van der Waals surface area contributed by atoms with Crippen molar-refractivity contribution in [3.05, 3.63) is 41.8 Å². The van der Waals surface area contributed by atoms with Crippen LogP contribution in [0.3, 0.4) is 0 Å². The second-order valence-electron chi connectivity index (χ2n) is 3.72. The maximum atomic E-state index is 13.0. The second kappa shape index (κ2) is 4.91. The molecule has 2 rings (SSSR count). The molecule has 1 aromatic heterocycles. The van der Waals surface area contributed by atoms with E-state index >= 15 is 0 Å². The second-order valence-corrected chi connectivity index (χ2v) is 3.72. The Morgan fingerprint density at radius 1 is 1.35 bits per heavy atom. The van der Waals surface area contributed by atoms with Crippen molar-refractivity contribution in [1.29, 1.82) is 0 Å². The van der Waals surface area contributed by atoms with E-state index < -0.39 is 0 Å². The Morgan fingerprint density at radius 3 is 2.88 bits per heavy atom. The summed E-state index contributed by atoms with van der Waals surface area (Å²) in [4.78, 5) is 15.3. The average Bonchev–Trinajstić information content (AvgIpc) is 2.35. The molecule has 0 saturated heterocycles. The number of halogens is 1. The summed E-state index contributed by atoms with van der Waals surface area (Å²) in [5, 5.41) is 0.883. The number of benzene rings is 1. The molecule has 1 heterocycles. The van der Waals surface area contributed by atoms with E-state index in [9.17, 15) is 9.18 Å². The smallest absolute Gasteiger partial charge is 0.305 e. The quantitative estimate of drug-likeness (QED) is 0.764. The van der Waals surface area contributed by atoms with Crippen molar-refractivity contribution in [3.8, 4) is 0 Å². The van der Waals surface area contributed by atoms with Crippen molar-refractivity contribution in [3.63, 3.8) is 0 Å². The number of ether oxygens (including phenoxy) is 1. The van der Waals surface area contributed by atoms with E-state index in [1.54, 1.807) is 6.07 Å². The van der Waals surface area contributed by atoms with E-state index in [2.05, 4.69) is 9.72 Å². The highest BCUT2D eigenvalue weighted by atomic mass is 19.1. The number of aryl methyl sites for hydroxylation is 1. The van der Waals surface area contributed by atoms with Crippen molar-refractivity contribution in [2.45, 2.75) is 12.8 Å². The van der Waals surface area contributed by atoms with Crippen molar-refractivity contribution >= 4 is 16.9 Å². The summed E-state index contributed by atoms with van der Waals surface area (Å²) in [6, 6.07) is 8.18. The van der Waals surface area contributed by atoms with Gasteiger partial charge >= 0.3 is 5.97 Å². The monoisotopic (exact) mass is 233 g/mol. The van der Waals surface area contributed by atoms with Gasteiger partial charge in [-0.15, -0.1) is 0 Å². The first-order chi connectivity index (χ1) is 8.19. The van der Waals surface area contributed by atoms with Gasteiger partial charge in [-0.2, -0.15) is 0 Å². The molecule has 0 atom stereocenters. The van der Waals surface area contributed by atoms with Crippen LogP contribution < -0.4 is 0 Å². The normalized spacial score (nSPS) is 10.5. The van der Waals surface area contributed by atoms with Crippen LogP contribution in [0.1, 0.15) is 12.1 Å². The third-order valence-electron chi connectivity index (χ3n) is 2.52. The van der Waals surface area contributed by atoms with E-state index in [4.69, 9.17) is 0 Å². The third kappa shape index (κ3) is 2.78. The number of hydrogen-bond acceptors (Lipinski definition) is 3. The Hall–Kier alpha value is -1.97.